The highest BCUT2D eigenvalue weighted by Crippen LogP contribution is 2.40. The fourth-order valence-electron chi connectivity index (χ4n) is 5.55. The molecule has 0 radical (unpaired) electrons. The van der Waals surface area contributed by atoms with E-state index in [0.29, 0.717) is 11.1 Å². The molecular formula is C27H31N5O2S. The molecule has 0 aliphatic carbocycles. The number of aryl methyl sites for hydroxylation is 2. The number of nitrogens with zero attached hydrogens (tertiary/aromatic N) is 3. The molecular weight excluding hydrogens is 458 g/mol. The minimum atomic E-state index is -0.228. The van der Waals surface area contributed by atoms with Gasteiger partial charge in [-0.05, 0) is 80.1 Å². The van der Waals surface area contributed by atoms with Crippen LogP contribution < -0.4 is 10.9 Å². The molecule has 1 amide bonds. The van der Waals surface area contributed by atoms with E-state index in [9.17, 15) is 9.59 Å². The van der Waals surface area contributed by atoms with Gasteiger partial charge in [-0.2, -0.15) is 5.10 Å². The minimum Gasteiger partial charge on any atom is -0.349 e. The Kier molecular flexibility index (Phi) is 6.32. The van der Waals surface area contributed by atoms with Gasteiger partial charge in [-0.25, -0.2) is 5.10 Å². The summed E-state index contributed by atoms with van der Waals surface area (Å²) in [5, 5.41) is 12.2. The second-order valence-electron chi connectivity index (χ2n) is 10.1. The van der Waals surface area contributed by atoms with Gasteiger partial charge >= 0.3 is 0 Å². The van der Waals surface area contributed by atoms with Crippen molar-refractivity contribution in [3.05, 3.63) is 69.6 Å². The largest absolute Gasteiger partial charge is 0.349 e. The summed E-state index contributed by atoms with van der Waals surface area (Å²) in [6.07, 6.45) is 3.25. The van der Waals surface area contributed by atoms with Gasteiger partial charge < -0.3 is 15.1 Å². The lowest BCUT2D eigenvalue weighted by Gasteiger charge is -2.40. The summed E-state index contributed by atoms with van der Waals surface area (Å²) in [5.74, 6) is 0.0704. The van der Waals surface area contributed by atoms with Crippen molar-refractivity contribution in [2.75, 3.05) is 31.5 Å². The second-order valence-corrected chi connectivity index (χ2v) is 10.5. The molecule has 0 unspecified atom stereocenters. The Morgan fingerprint density at radius 1 is 1.03 bits per heavy atom. The summed E-state index contributed by atoms with van der Waals surface area (Å²) in [6.45, 7) is 7.52. The molecule has 8 heteroatoms. The molecule has 1 spiro atoms. The van der Waals surface area contributed by atoms with E-state index in [1.807, 2.05) is 23.1 Å². The van der Waals surface area contributed by atoms with Crippen LogP contribution in [0.2, 0.25) is 0 Å². The molecule has 7 nitrogen and oxygen atoms in total. The van der Waals surface area contributed by atoms with Crippen molar-refractivity contribution in [2.45, 2.75) is 39.5 Å². The lowest BCUT2D eigenvalue weighted by molar-refractivity contribution is -0.130. The third-order valence-corrected chi connectivity index (χ3v) is 7.83. The highest BCUT2D eigenvalue weighted by Gasteiger charge is 2.42. The normalized spacial score (nSPS) is 17.2. The van der Waals surface area contributed by atoms with Crippen molar-refractivity contribution in [3.8, 4) is 0 Å². The topological polar surface area (TPSA) is 81.3 Å². The van der Waals surface area contributed by atoms with Crippen molar-refractivity contribution in [1.29, 1.82) is 0 Å². The maximum atomic E-state index is 13.2. The number of amides is 1. The second kappa shape index (κ2) is 9.41. The summed E-state index contributed by atoms with van der Waals surface area (Å²) < 4.78 is 0. The van der Waals surface area contributed by atoms with Gasteiger partial charge in [0.15, 0.2) is 5.11 Å². The van der Waals surface area contributed by atoms with Gasteiger partial charge in [-0.15, -0.1) is 0 Å². The fourth-order valence-corrected chi connectivity index (χ4v) is 5.85. The van der Waals surface area contributed by atoms with Gasteiger partial charge in [0.1, 0.15) is 0 Å². The quantitative estimate of drug-likeness (QED) is 0.545. The molecule has 1 aromatic heterocycles. The van der Waals surface area contributed by atoms with Crippen LogP contribution in [0.15, 0.2) is 47.3 Å². The van der Waals surface area contributed by atoms with Crippen LogP contribution in [0.25, 0.3) is 10.8 Å². The van der Waals surface area contributed by atoms with E-state index in [0.717, 1.165) is 61.6 Å². The number of carbonyl (C=O) groups is 1. The number of aromatic nitrogens is 2. The number of aromatic amines is 1. The first-order valence-corrected chi connectivity index (χ1v) is 12.6. The first-order valence-electron chi connectivity index (χ1n) is 12.2. The van der Waals surface area contributed by atoms with Crippen LogP contribution >= 0.6 is 12.2 Å². The van der Waals surface area contributed by atoms with Crippen molar-refractivity contribution in [1.82, 2.24) is 20.0 Å². The predicted octanol–water partition coefficient (Wildman–Crippen LogP) is 3.79. The van der Waals surface area contributed by atoms with Crippen LogP contribution in [0.1, 0.15) is 36.1 Å². The van der Waals surface area contributed by atoms with Crippen LogP contribution in [0.3, 0.4) is 0 Å². The number of carbonyl (C=O) groups excluding carboxylic acids is 1. The van der Waals surface area contributed by atoms with Crippen molar-refractivity contribution < 1.29 is 4.79 Å². The SMILES string of the molecule is Cc1cc(C)cc(NC(=S)N2CCC3(CCN(C(=O)Cc4n[nH]c(=O)c5ccccc45)C3)CC2)c1. The van der Waals surface area contributed by atoms with Crippen LogP contribution in [-0.4, -0.2) is 57.2 Å². The van der Waals surface area contributed by atoms with Crippen molar-refractivity contribution in [3.63, 3.8) is 0 Å². The Balaban J connectivity index is 1.18. The van der Waals surface area contributed by atoms with Crippen molar-refractivity contribution in [2.24, 2.45) is 5.41 Å². The first-order chi connectivity index (χ1) is 16.8. The monoisotopic (exact) mass is 489 g/mol. The van der Waals surface area contributed by atoms with Crippen LogP contribution in [0.4, 0.5) is 5.69 Å². The highest BCUT2D eigenvalue weighted by molar-refractivity contribution is 7.80. The molecule has 3 aromatic rings. The van der Waals surface area contributed by atoms with Gasteiger partial charge in [0.25, 0.3) is 5.56 Å². The van der Waals surface area contributed by atoms with Gasteiger partial charge in [0, 0.05) is 37.3 Å². The lowest BCUT2D eigenvalue weighted by Crippen LogP contribution is -2.46. The number of hydrogen-bond donors (Lipinski definition) is 2. The third-order valence-electron chi connectivity index (χ3n) is 7.47. The maximum absolute atomic E-state index is 13.2. The number of hydrogen-bond acceptors (Lipinski definition) is 4. The molecule has 2 aliphatic heterocycles. The van der Waals surface area contributed by atoms with Crippen LogP contribution in [0.5, 0.6) is 0 Å². The molecule has 35 heavy (non-hydrogen) atoms. The zero-order chi connectivity index (χ0) is 24.6. The van der Waals surface area contributed by atoms with E-state index in [-0.39, 0.29) is 23.3 Å². The Hall–Kier alpha value is -3.26. The lowest BCUT2D eigenvalue weighted by atomic mass is 9.78. The highest BCUT2D eigenvalue weighted by atomic mass is 32.1. The molecule has 2 aromatic carbocycles. The summed E-state index contributed by atoms with van der Waals surface area (Å²) in [4.78, 5) is 29.4. The van der Waals surface area contributed by atoms with E-state index in [2.05, 4.69) is 52.5 Å². The van der Waals surface area contributed by atoms with Gasteiger partial charge in [0.05, 0.1) is 17.5 Å². The smallest absolute Gasteiger partial charge is 0.272 e. The Labute approximate surface area is 210 Å². The Bertz CT molecular complexity index is 1320. The van der Waals surface area contributed by atoms with E-state index < -0.39 is 0 Å². The molecule has 2 aliphatic rings. The van der Waals surface area contributed by atoms with Gasteiger partial charge in [-0.3, -0.25) is 9.59 Å². The van der Waals surface area contributed by atoms with Gasteiger partial charge in [0.2, 0.25) is 5.91 Å². The standard InChI is InChI=1S/C27H31N5O2S/c1-18-13-19(2)15-20(14-18)28-26(35)31-10-7-27(8-11-31)9-12-32(17-27)24(33)16-23-21-5-3-4-6-22(21)25(34)30-29-23/h3-6,13-15H,7-12,16-17H2,1-2H3,(H,28,35)(H,30,34). The molecule has 5 rings (SSSR count). The minimum absolute atomic E-state index is 0.0704. The number of piperidine rings is 1. The summed E-state index contributed by atoms with van der Waals surface area (Å²) in [6, 6.07) is 13.7. The van der Waals surface area contributed by atoms with E-state index in [1.165, 1.54) is 11.1 Å². The molecule has 0 bridgehead atoms. The average molecular weight is 490 g/mol. The molecule has 2 fully saturated rings. The number of fused-ring (bicyclic) bond motifs is 1. The zero-order valence-electron chi connectivity index (χ0n) is 20.3. The molecule has 182 valence electrons. The number of H-pyrrole nitrogens is 1. The molecule has 0 saturated carbocycles. The first kappa shape index (κ1) is 23.5. The number of rotatable bonds is 3. The Morgan fingerprint density at radius 3 is 2.34 bits per heavy atom. The zero-order valence-corrected chi connectivity index (χ0v) is 21.1. The Morgan fingerprint density at radius 2 is 1.66 bits per heavy atom. The molecule has 0 atom stereocenters. The number of benzene rings is 2. The number of nitrogens with one attached hydrogen (secondary N) is 2. The maximum Gasteiger partial charge on any atom is 0.272 e. The number of likely N-dealkylation sites (tertiary alicyclic amines) is 2. The van der Waals surface area contributed by atoms with Crippen LogP contribution in [0, 0.1) is 19.3 Å². The summed E-state index contributed by atoms with van der Waals surface area (Å²) >= 11 is 5.71. The van der Waals surface area contributed by atoms with E-state index >= 15 is 0 Å². The van der Waals surface area contributed by atoms with E-state index in [1.54, 1.807) is 6.07 Å². The number of thiocarbonyl (C=S) groups is 1. The molecule has 2 N–H and O–H groups in total. The summed E-state index contributed by atoms with van der Waals surface area (Å²) in [5.41, 5.74) is 4.02. The molecule has 2 saturated heterocycles. The number of anilines is 1. The van der Waals surface area contributed by atoms with Crippen LogP contribution in [-0.2, 0) is 11.2 Å². The fraction of sp³-hybridized carbons (Fsp3) is 0.407. The van der Waals surface area contributed by atoms with Crippen molar-refractivity contribution >= 4 is 39.7 Å². The van der Waals surface area contributed by atoms with E-state index in [4.69, 9.17) is 12.2 Å². The molecule has 3 heterocycles. The third kappa shape index (κ3) is 4.93. The summed E-state index contributed by atoms with van der Waals surface area (Å²) in [7, 11) is 0. The average Bonchev–Trinajstić information content (AvgIpc) is 3.24. The van der Waals surface area contributed by atoms with Gasteiger partial charge in [-0.1, -0.05) is 24.3 Å². The predicted molar refractivity (Wildman–Crippen MR) is 143 cm³/mol.